The van der Waals surface area contributed by atoms with Crippen LogP contribution in [0.25, 0.3) is 0 Å². The van der Waals surface area contributed by atoms with Crippen LogP contribution in [0.4, 0.5) is 4.39 Å². The maximum absolute atomic E-state index is 13.3. The Morgan fingerprint density at radius 1 is 1.50 bits per heavy atom. The van der Waals surface area contributed by atoms with Crippen molar-refractivity contribution in [2.45, 2.75) is 33.2 Å². The summed E-state index contributed by atoms with van der Waals surface area (Å²) in [5, 5.41) is 15.1. The molecule has 0 radical (unpaired) electrons. The van der Waals surface area contributed by atoms with Crippen LogP contribution < -0.4 is 11.1 Å². The van der Waals surface area contributed by atoms with E-state index in [1.54, 1.807) is 6.07 Å². The normalized spacial score (nSPS) is 17.5. The van der Waals surface area contributed by atoms with Gasteiger partial charge in [-0.05, 0) is 41.9 Å². The predicted molar refractivity (Wildman–Crippen MR) is 77.1 cm³/mol. The number of benzene rings is 1. The number of hydrogen-bond acceptors (Lipinski definition) is 3. The molecular formula is C15H22FN3O. The van der Waals surface area contributed by atoms with E-state index in [1.807, 2.05) is 0 Å². The van der Waals surface area contributed by atoms with Gasteiger partial charge in [0.1, 0.15) is 5.82 Å². The first kappa shape index (κ1) is 14.8. The van der Waals surface area contributed by atoms with Crippen LogP contribution in [-0.2, 0) is 6.54 Å². The molecule has 0 unspecified atom stereocenters. The van der Waals surface area contributed by atoms with Gasteiger partial charge in [-0.1, -0.05) is 25.1 Å². The number of nitrogens with one attached hydrogen (secondary N) is 1. The maximum Gasteiger partial charge on any atom is 0.170 e. The minimum atomic E-state index is -0.392. The molecule has 5 heteroatoms. The Bertz CT molecular complexity index is 510. The van der Waals surface area contributed by atoms with Crippen LogP contribution in [0.1, 0.15) is 37.8 Å². The van der Waals surface area contributed by atoms with Crippen molar-refractivity contribution in [3.63, 3.8) is 0 Å². The third-order valence-electron chi connectivity index (χ3n) is 4.37. The molecule has 1 aliphatic rings. The van der Waals surface area contributed by atoms with Gasteiger partial charge in [-0.25, -0.2) is 4.39 Å². The second-order valence-corrected chi connectivity index (χ2v) is 5.91. The number of oxime groups is 1. The van der Waals surface area contributed by atoms with Crippen LogP contribution in [0.3, 0.4) is 0 Å². The molecule has 0 aliphatic heterocycles. The van der Waals surface area contributed by atoms with Crippen molar-refractivity contribution in [2.75, 3.05) is 6.54 Å². The minimum absolute atomic E-state index is 0.0636. The van der Waals surface area contributed by atoms with Crippen molar-refractivity contribution < 1.29 is 9.60 Å². The maximum atomic E-state index is 13.3. The van der Waals surface area contributed by atoms with E-state index in [0.717, 1.165) is 12.1 Å². The van der Waals surface area contributed by atoms with E-state index in [0.29, 0.717) is 23.4 Å². The summed E-state index contributed by atoms with van der Waals surface area (Å²) in [6, 6.07) is 4.35. The first-order valence-corrected chi connectivity index (χ1v) is 6.95. The third kappa shape index (κ3) is 3.10. The predicted octanol–water partition coefficient (Wildman–Crippen LogP) is 2.45. The summed E-state index contributed by atoms with van der Waals surface area (Å²) in [6.45, 7) is 6.01. The third-order valence-corrected chi connectivity index (χ3v) is 4.37. The highest BCUT2D eigenvalue weighted by Gasteiger charge is 2.44. The molecule has 4 N–H and O–H groups in total. The fourth-order valence-corrected chi connectivity index (χ4v) is 2.56. The van der Waals surface area contributed by atoms with Crippen molar-refractivity contribution in [1.82, 2.24) is 5.32 Å². The molecule has 1 aromatic carbocycles. The monoisotopic (exact) mass is 279 g/mol. The summed E-state index contributed by atoms with van der Waals surface area (Å²) < 4.78 is 13.3. The van der Waals surface area contributed by atoms with Gasteiger partial charge >= 0.3 is 0 Å². The molecule has 0 spiro atoms. The van der Waals surface area contributed by atoms with Crippen molar-refractivity contribution >= 4 is 5.84 Å². The average Bonchev–Trinajstić information content (AvgIpc) is 3.20. The molecule has 2 rings (SSSR count). The molecule has 0 saturated heterocycles. The van der Waals surface area contributed by atoms with E-state index < -0.39 is 5.82 Å². The van der Waals surface area contributed by atoms with Gasteiger partial charge in [-0.2, -0.15) is 0 Å². The van der Waals surface area contributed by atoms with Crippen LogP contribution in [-0.4, -0.2) is 17.6 Å². The van der Waals surface area contributed by atoms with Crippen LogP contribution in [0.15, 0.2) is 23.4 Å². The molecule has 1 aromatic rings. The molecule has 0 atom stereocenters. The summed E-state index contributed by atoms with van der Waals surface area (Å²) in [6.07, 6.45) is 2.52. The SMILES string of the molecule is CC(C)C1(CNCc2ccc(F)cc2/C(N)=N/O)CC1. The highest BCUT2D eigenvalue weighted by molar-refractivity contribution is 5.98. The van der Waals surface area contributed by atoms with Gasteiger partial charge in [-0.3, -0.25) is 0 Å². The average molecular weight is 279 g/mol. The molecule has 110 valence electrons. The summed E-state index contributed by atoms with van der Waals surface area (Å²) in [4.78, 5) is 0. The van der Waals surface area contributed by atoms with Crippen molar-refractivity contribution in [1.29, 1.82) is 0 Å². The molecule has 0 amide bonds. The van der Waals surface area contributed by atoms with Crippen molar-refractivity contribution in [3.05, 3.63) is 35.1 Å². The van der Waals surface area contributed by atoms with E-state index in [1.165, 1.54) is 25.0 Å². The zero-order chi connectivity index (χ0) is 14.8. The number of rotatable bonds is 6. The van der Waals surface area contributed by atoms with E-state index in [9.17, 15) is 4.39 Å². The van der Waals surface area contributed by atoms with E-state index in [4.69, 9.17) is 10.9 Å². The van der Waals surface area contributed by atoms with Crippen LogP contribution in [0.2, 0.25) is 0 Å². The molecule has 0 bridgehead atoms. The Hall–Kier alpha value is -1.62. The Kier molecular flexibility index (Phi) is 4.28. The number of nitrogens with zero attached hydrogens (tertiary/aromatic N) is 1. The molecule has 1 saturated carbocycles. The summed E-state index contributed by atoms with van der Waals surface area (Å²) in [7, 11) is 0. The molecule has 0 heterocycles. The van der Waals surface area contributed by atoms with Gasteiger partial charge in [0.2, 0.25) is 0 Å². The summed E-state index contributed by atoms with van der Waals surface area (Å²) >= 11 is 0. The molecule has 20 heavy (non-hydrogen) atoms. The standard InChI is InChI=1S/C15H22FN3O/c1-10(2)15(5-6-15)9-18-8-11-3-4-12(16)7-13(11)14(17)19-20/h3-4,7,10,18,20H,5-6,8-9H2,1-2H3,(H2,17,19). The van der Waals surface area contributed by atoms with Gasteiger partial charge in [0, 0.05) is 18.7 Å². The molecular weight excluding hydrogens is 257 g/mol. The lowest BCUT2D eigenvalue weighted by atomic mass is 9.92. The lowest BCUT2D eigenvalue weighted by Crippen LogP contribution is -2.28. The minimum Gasteiger partial charge on any atom is -0.409 e. The Morgan fingerprint density at radius 2 is 2.20 bits per heavy atom. The zero-order valence-corrected chi connectivity index (χ0v) is 12.0. The highest BCUT2D eigenvalue weighted by atomic mass is 19.1. The van der Waals surface area contributed by atoms with Crippen LogP contribution in [0, 0.1) is 17.2 Å². The first-order valence-electron chi connectivity index (χ1n) is 6.95. The fourth-order valence-electron chi connectivity index (χ4n) is 2.56. The number of halogens is 1. The highest BCUT2D eigenvalue weighted by Crippen LogP contribution is 2.51. The number of nitrogens with two attached hydrogens (primary N) is 1. The van der Waals surface area contributed by atoms with Gasteiger partial charge in [0.15, 0.2) is 5.84 Å². The van der Waals surface area contributed by atoms with Gasteiger partial charge in [0.25, 0.3) is 0 Å². The van der Waals surface area contributed by atoms with Crippen LogP contribution >= 0.6 is 0 Å². The van der Waals surface area contributed by atoms with Gasteiger partial charge in [-0.15, -0.1) is 0 Å². The van der Waals surface area contributed by atoms with Crippen molar-refractivity contribution in [3.8, 4) is 0 Å². The number of hydrogen-bond donors (Lipinski definition) is 3. The zero-order valence-electron chi connectivity index (χ0n) is 12.0. The lowest BCUT2D eigenvalue weighted by molar-refractivity contribution is 0.318. The second-order valence-electron chi connectivity index (χ2n) is 5.91. The first-order chi connectivity index (χ1) is 9.48. The van der Waals surface area contributed by atoms with Gasteiger partial charge in [0.05, 0.1) is 0 Å². The van der Waals surface area contributed by atoms with E-state index >= 15 is 0 Å². The Morgan fingerprint density at radius 3 is 2.75 bits per heavy atom. The second kappa shape index (κ2) is 5.79. The van der Waals surface area contributed by atoms with E-state index in [-0.39, 0.29) is 5.84 Å². The molecule has 1 aliphatic carbocycles. The Balaban J connectivity index is 2.03. The largest absolute Gasteiger partial charge is 0.409 e. The fraction of sp³-hybridized carbons (Fsp3) is 0.533. The quantitative estimate of drug-likeness (QED) is 0.324. The van der Waals surface area contributed by atoms with Crippen LogP contribution in [0.5, 0.6) is 0 Å². The number of amidine groups is 1. The molecule has 4 nitrogen and oxygen atoms in total. The Labute approximate surface area is 118 Å². The van der Waals surface area contributed by atoms with E-state index in [2.05, 4.69) is 24.3 Å². The summed E-state index contributed by atoms with van der Waals surface area (Å²) in [5.41, 5.74) is 7.27. The molecule has 0 aromatic heterocycles. The molecule has 1 fully saturated rings. The lowest BCUT2D eigenvalue weighted by Gasteiger charge is -2.20. The topological polar surface area (TPSA) is 70.6 Å². The summed E-state index contributed by atoms with van der Waals surface area (Å²) in [5.74, 6) is 0.203. The van der Waals surface area contributed by atoms with Gasteiger partial charge < -0.3 is 16.3 Å². The smallest absolute Gasteiger partial charge is 0.170 e. The van der Waals surface area contributed by atoms with Crippen molar-refractivity contribution in [2.24, 2.45) is 22.2 Å².